The fourth-order valence-electron chi connectivity index (χ4n) is 8.59. The van der Waals surface area contributed by atoms with E-state index in [-0.39, 0.29) is 48.3 Å². The molecule has 64 heavy (non-hydrogen) atoms. The molecule has 2 aliphatic carbocycles. The fraction of sp³-hybridized carbons (Fsp3) is 0.476. The standard InChI is InChI=1S/2C21H23F3N6O2/c2*22-11-7-15(23)18(16(24)8-11)28-21-27-17-9-25-20(26-12-1-3-14(31)4-2-12)29-19(17)30(21)13-5-6-32-10-13/h2*7-9,12-14,31H,1-6,10H2,(H,27,28)(H,25,26,29). The average molecular weight is 897 g/mol. The molecule has 2 unspecified atom stereocenters. The van der Waals surface area contributed by atoms with Crippen molar-refractivity contribution in [3.05, 3.63) is 71.6 Å². The zero-order valence-electron chi connectivity index (χ0n) is 34.4. The molecule has 2 atom stereocenters. The minimum absolute atomic E-state index is 0.137. The molecule has 2 saturated carbocycles. The van der Waals surface area contributed by atoms with Crippen LogP contribution in [0.4, 0.5) is 61.5 Å². The second-order valence-corrected chi connectivity index (χ2v) is 16.5. The summed E-state index contributed by atoms with van der Waals surface area (Å²) < 4.78 is 98.2. The SMILES string of the molecule is OC1CCC(Nc2ncc3nc(Nc4c(F)cc(F)cc4F)n(C4CCOC4)c3n2)CC1.OC1CCC(Nc2ncc3nc(Nc4c(F)cc(F)cc4F)n(C4CCOC4)c3n2)CC1. The third-order valence-electron chi connectivity index (χ3n) is 12.0. The van der Waals surface area contributed by atoms with Crippen molar-refractivity contribution in [3.8, 4) is 0 Å². The second kappa shape index (κ2) is 18.7. The van der Waals surface area contributed by atoms with Gasteiger partial charge in [-0.3, -0.25) is 9.13 Å². The van der Waals surface area contributed by atoms with Crippen LogP contribution in [0.25, 0.3) is 22.3 Å². The van der Waals surface area contributed by atoms with E-state index >= 15 is 0 Å². The second-order valence-electron chi connectivity index (χ2n) is 16.5. The lowest BCUT2D eigenvalue weighted by atomic mass is 9.93. The van der Waals surface area contributed by atoms with Gasteiger partial charge in [-0.15, -0.1) is 0 Å². The summed E-state index contributed by atoms with van der Waals surface area (Å²) in [4.78, 5) is 26.8. The third-order valence-corrected chi connectivity index (χ3v) is 12.0. The summed E-state index contributed by atoms with van der Waals surface area (Å²) in [7, 11) is 0. The highest BCUT2D eigenvalue weighted by molar-refractivity contribution is 5.78. The Labute approximate surface area is 361 Å². The minimum atomic E-state index is -1.06. The Morgan fingerprint density at radius 2 is 0.891 bits per heavy atom. The molecule has 4 aromatic heterocycles. The van der Waals surface area contributed by atoms with E-state index in [0.717, 1.165) is 51.4 Å². The van der Waals surface area contributed by atoms with Gasteiger partial charge in [0.25, 0.3) is 0 Å². The maximum atomic E-state index is 14.3. The molecule has 0 spiro atoms. The van der Waals surface area contributed by atoms with Crippen molar-refractivity contribution in [1.29, 1.82) is 0 Å². The molecule has 0 amide bonds. The molecule has 0 bridgehead atoms. The van der Waals surface area contributed by atoms with Crippen molar-refractivity contribution in [2.75, 3.05) is 47.7 Å². The molecule has 6 aromatic rings. The molecule has 4 fully saturated rings. The van der Waals surface area contributed by atoms with Crippen molar-refractivity contribution in [1.82, 2.24) is 39.0 Å². The Morgan fingerprint density at radius 3 is 1.23 bits per heavy atom. The van der Waals surface area contributed by atoms with Gasteiger partial charge in [-0.05, 0) is 64.2 Å². The molecular formula is C42H46F6N12O4. The van der Waals surface area contributed by atoms with E-state index in [4.69, 9.17) is 9.47 Å². The summed E-state index contributed by atoms with van der Waals surface area (Å²) in [6.07, 6.45) is 10.1. The summed E-state index contributed by atoms with van der Waals surface area (Å²) in [6, 6.07) is 2.48. The van der Waals surface area contributed by atoms with E-state index in [0.29, 0.717) is 97.8 Å². The van der Waals surface area contributed by atoms with E-state index in [1.807, 2.05) is 0 Å². The van der Waals surface area contributed by atoms with E-state index in [1.165, 1.54) is 0 Å². The number of aromatic nitrogens is 8. The summed E-state index contributed by atoms with van der Waals surface area (Å²) in [5.74, 6) is -5.05. The van der Waals surface area contributed by atoms with Gasteiger partial charge in [0, 0.05) is 49.6 Å². The number of rotatable bonds is 10. The van der Waals surface area contributed by atoms with Crippen molar-refractivity contribution < 1.29 is 46.0 Å². The number of ether oxygens (including phenoxy) is 2. The van der Waals surface area contributed by atoms with Crippen LogP contribution < -0.4 is 21.3 Å². The van der Waals surface area contributed by atoms with E-state index in [1.54, 1.807) is 21.5 Å². The number of nitrogens with one attached hydrogen (secondary N) is 4. The summed E-state index contributed by atoms with van der Waals surface area (Å²) in [5.41, 5.74) is 0.917. The van der Waals surface area contributed by atoms with Crippen LogP contribution in [0.2, 0.25) is 0 Å². The van der Waals surface area contributed by atoms with Gasteiger partial charge in [-0.2, -0.15) is 9.97 Å². The topological polar surface area (TPSA) is 194 Å². The number of fused-ring (bicyclic) bond motifs is 2. The molecule has 22 heteroatoms. The molecule has 2 aromatic carbocycles. The van der Waals surface area contributed by atoms with Crippen LogP contribution in [0.5, 0.6) is 0 Å². The minimum Gasteiger partial charge on any atom is -0.393 e. The van der Waals surface area contributed by atoms with Crippen LogP contribution in [-0.2, 0) is 9.47 Å². The lowest BCUT2D eigenvalue weighted by molar-refractivity contribution is 0.125. The number of imidazole rings is 2. The highest BCUT2D eigenvalue weighted by atomic mass is 19.2. The largest absolute Gasteiger partial charge is 0.393 e. The highest BCUT2D eigenvalue weighted by Gasteiger charge is 2.29. The Morgan fingerprint density at radius 1 is 0.516 bits per heavy atom. The summed E-state index contributed by atoms with van der Waals surface area (Å²) >= 11 is 0. The van der Waals surface area contributed by atoms with Crippen LogP contribution in [0.3, 0.4) is 0 Å². The molecule has 340 valence electrons. The maximum absolute atomic E-state index is 14.3. The first-order valence-electron chi connectivity index (χ1n) is 21.3. The average Bonchev–Trinajstić information content (AvgIpc) is 4.09. The van der Waals surface area contributed by atoms with Crippen molar-refractivity contribution >= 4 is 57.5 Å². The smallest absolute Gasteiger partial charge is 0.224 e. The predicted molar refractivity (Wildman–Crippen MR) is 223 cm³/mol. The molecule has 2 aliphatic heterocycles. The van der Waals surface area contributed by atoms with Gasteiger partial charge < -0.3 is 41.0 Å². The van der Waals surface area contributed by atoms with E-state index in [9.17, 15) is 36.6 Å². The van der Waals surface area contributed by atoms with E-state index in [2.05, 4.69) is 51.2 Å². The number of nitrogens with zero attached hydrogens (tertiary/aromatic N) is 8. The molecule has 2 saturated heterocycles. The number of aliphatic hydroxyl groups is 2. The van der Waals surface area contributed by atoms with Gasteiger partial charge in [0.1, 0.15) is 34.0 Å². The van der Waals surface area contributed by atoms with Crippen molar-refractivity contribution in [2.24, 2.45) is 0 Å². The maximum Gasteiger partial charge on any atom is 0.224 e. The normalized spacial score (nSPS) is 23.6. The van der Waals surface area contributed by atoms with Crippen LogP contribution in [0.1, 0.15) is 76.3 Å². The Hall–Kier alpha value is -5.84. The number of benzene rings is 2. The third kappa shape index (κ3) is 9.49. The van der Waals surface area contributed by atoms with Gasteiger partial charge in [0.15, 0.2) is 34.6 Å². The molecule has 0 radical (unpaired) electrons. The van der Waals surface area contributed by atoms with Crippen LogP contribution in [0.15, 0.2) is 36.7 Å². The number of halogens is 6. The first-order valence-corrected chi connectivity index (χ1v) is 21.3. The molecular weight excluding hydrogens is 851 g/mol. The first kappa shape index (κ1) is 43.4. The number of hydrogen-bond donors (Lipinski definition) is 6. The fourth-order valence-corrected chi connectivity index (χ4v) is 8.59. The molecule has 6 N–H and O–H groups in total. The Kier molecular flexibility index (Phi) is 12.7. The van der Waals surface area contributed by atoms with Crippen LogP contribution in [0, 0.1) is 34.9 Å². The highest BCUT2D eigenvalue weighted by Crippen LogP contribution is 2.35. The molecule has 6 heterocycles. The summed E-state index contributed by atoms with van der Waals surface area (Å²) in [6.45, 7) is 1.90. The number of anilines is 6. The van der Waals surface area contributed by atoms with Gasteiger partial charge in [0.05, 0.1) is 49.9 Å². The van der Waals surface area contributed by atoms with Crippen LogP contribution >= 0.6 is 0 Å². The number of hydrogen-bond acceptors (Lipinski definition) is 14. The molecule has 4 aliphatic rings. The number of aliphatic hydroxyl groups excluding tert-OH is 2. The predicted octanol–water partition coefficient (Wildman–Crippen LogP) is 7.33. The molecule has 16 nitrogen and oxygen atoms in total. The zero-order valence-corrected chi connectivity index (χ0v) is 34.4. The Balaban J connectivity index is 0.000000162. The first-order chi connectivity index (χ1) is 30.9. The van der Waals surface area contributed by atoms with Crippen LogP contribution in [-0.4, -0.2) is 100.0 Å². The monoisotopic (exact) mass is 896 g/mol. The lowest BCUT2D eigenvalue weighted by Crippen LogP contribution is -2.29. The lowest BCUT2D eigenvalue weighted by Gasteiger charge is -2.26. The van der Waals surface area contributed by atoms with Gasteiger partial charge >= 0.3 is 0 Å². The quantitative estimate of drug-likeness (QED) is 0.0749. The van der Waals surface area contributed by atoms with Gasteiger partial charge in [-0.25, -0.2) is 46.3 Å². The van der Waals surface area contributed by atoms with Crippen molar-refractivity contribution in [2.45, 2.75) is 101 Å². The summed E-state index contributed by atoms with van der Waals surface area (Å²) in [5, 5.41) is 31.4. The zero-order chi connectivity index (χ0) is 44.5. The van der Waals surface area contributed by atoms with E-state index < -0.39 is 46.3 Å². The Bertz CT molecular complexity index is 2380. The van der Waals surface area contributed by atoms with Gasteiger partial charge in [-0.1, -0.05) is 0 Å². The molecule has 10 rings (SSSR count). The van der Waals surface area contributed by atoms with Gasteiger partial charge in [0.2, 0.25) is 23.8 Å². The van der Waals surface area contributed by atoms with Crippen molar-refractivity contribution in [3.63, 3.8) is 0 Å².